The third kappa shape index (κ3) is 3.82. The molecule has 0 saturated carbocycles. The van der Waals surface area contributed by atoms with Crippen molar-refractivity contribution in [2.24, 2.45) is 0 Å². The molecule has 7 nitrogen and oxygen atoms in total. The monoisotopic (exact) mass is 354 g/mol. The van der Waals surface area contributed by atoms with Gasteiger partial charge in [-0.3, -0.25) is 4.79 Å². The Morgan fingerprint density at radius 3 is 2.65 bits per heavy atom. The lowest BCUT2D eigenvalue weighted by molar-refractivity contribution is -0.135. The zero-order chi connectivity index (χ0) is 18.5. The minimum absolute atomic E-state index is 0.133. The number of piperidine rings is 1. The van der Waals surface area contributed by atoms with E-state index in [1.165, 1.54) is 13.2 Å². The maximum absolute atomic E-state index is 12.2. The first-order valence-electron chi connectivity index (χ1n) is 8.57. The van der Waals surface area contributed by atoms with Gasteiger partial charge in [0.05, 0.1) is 12.6 Å². The predicted molar refractivity (Wildman–Crippen MR) is 98.7 cm³/mol. The second-order valence-corrected chi connectivity index (χ2v) is 6.24. The average molecular weight is 354 g/mol. The fourth-order valence-electron chi connectivity index (χ4n) is 3.21. The van der Waals surface area contributed by atoms with Crippen molar-refractivity contribution in [3.63, 3.8) is 0 Å². The fraction of sp³-hybridized carbons (Fsp3) is 0.368. The van der Waals surface area contributed by atoms with Crippen LogP contribution in [0.3, 0.4) is 0 Å². The second-order valence-electron chi connectivity index (χ2n) is 6.24. The lowest BCUT2D eigenvalue weighted by atomic mass is 10.0. The van der Waals surface area contributed by atoms with Crippen molar-refractivity contribution in [1.29, 1.82) is 0 Å². The first kappa shape index (κ1) is 17.8. The van der Waals surface area contributed by atoms with Crippen LogP contribution in [0.5, 0.6) is 0 Å². The number of likely N-dealkylation sites (N-methyl/N-ethyl adjacent to an activating group) is 1. The van der Waals surface area contributed by atoms with E-state index in [2.05, 4.69) is 19.6 Å². The molecule has 2 heterocycles. The summed E-state index contributed by atoms with van der Waals surface area (Å²) in [5.41, 5.74) is 0.930. The molecular formula is C19H22N4O3. The summed E-state index contributed by atoms with van der Waals surface area (Å²) in [6, 6.07) is 8.10. The molecule has 1 aliphatic rings. The van der Waals surface area contributed by atoms with Crippen molar-refractivity contribution in [3.8, 4) is 0 Å². The molecule has 0 radical (unpaired) electrons. The number of para-hydroxylation sites is 1. The maximum atomic E-state index is 12.2. The Morgan fingerprint density at radius 1 is 1.19 bits per heavy atom. The van der Waals surface area contributed by atoms with E-state index in [4.69, 9.17) is 0 Å². The molecule has 0 atom stereocenters. The zero-order valence-corrected chi connectivity index (χ0v) is 15.0. The van der Waals surface area contributed by atoms with Gasteiger partial charge in [0, 0.05) is 43.7 Å². The number of esters is 1. The van der Waals surface area contributed by atoms with E-state index in [-0.39, 0.29) is 11.9 Å². The van der Waals surface area contributed by atoms with E-state index < -0.39 is 5.97 Å². The van der Waals surface area contributed by atoms with Crippen molar-refractivity contribution in [2.45, 2.75) is 18.9 Å². The molecule has 0 N–H and O–H groups in total. The highest BCUT2D eigenvalue weighted by molar-refractivity contribution is 5.94. The molecular weight excluding hydrogens is 332 g/mol. The van der Waals surface area contributed by atoms with Crippen LogP contribution >= 0.6 is 0 Å². The number of benzene rings is 1. The number of hydrogen-bond acceptors (Lipinski definition) is 6. The Hall–Kier alpha value is -2.96. The Kier molecular flexibility index (Phi) is 5.46. The molecule has 1 fully saturated rings. The third-order valence-electron chi connectivity index (χ3n) is 4.74. The highest BCUT2D eigenvalue weighted by atomic mass is 16.5. The summed E-state index contributed by atoms with van der Waals surface area (Å²) in [6.45, 7) is 1.62. The van der Waals surface area contributed by atoms with Crippen LogP contribution in [0.15, 0.2) is 42.7 Å². The predicted octanol–water partition coefficient (Wildman–Crippen LogP) is 1.79. The molecule has 0 unspecified atom stereocenters. The summed E-state index contributed by atoms with van der Waals surface area (Å²) in [5, 5.41) is 1.04. The third-order valence-corrected chi connectivity index (χ3v) is 4.74. The molecule has 1 aliphatic heterocycles. The number of amides is 1. The second kappa shape index (κ2) is 7.95. The number of carbonyl (C=O) groups excluding carboxylic acids is 2. The van der Waals surface area contributed by atoms with Crippen molar-refractivity contribution in [2.75, 3.05) is 32.1 Å². The number of anilines is 1. The molecule has 26 heavy (non-hydrogen) atoms. The summed E-state index contributed by atoms with van der Waals surface area (Å²) >= 11 is 0. The smallest absolute Gasteiger partial charge is 0.330 e. The Labute approximate surface area is 152 Å². The van der Waals surface area contributed by atoms with Gasteiger partial charge in [-0.15, -0.1) is 0 Å². The van der Waals surface area contributed by atoms with Crippen molar-refractivity contribution in [3.05, 3.63) is 42.7 Å². The van der Waals surface area contributed by atoms with Crippen LogP contribution in [-0.2, 0) is 14.3 Å². The van der Waals surface area contributed by atoms with Crippen molar-refractivity contribution >= 4 is 28.6 Å². The largest absolute Gasteiger partial charge is 0.466 e. The van der Waals surface area contributed by atoms with Gasteiger partial charge in [-0.05, 0) is 25.0 Å². The summed E-state index contributed by atoms with van der Waals surface area (Å²) in [4.78, 5) is 36.0. The first-order valence-corrected chi connectivity index (χ1v) is 8.57. The van der Waals surface area contributed by atoms with Crippen LogP contribution in [-0.4, -0.2) is 60.0 Å². The Morgan fingerprint density at radius 2 is 1.92 bits per heavy atom. The minimum atomic E-state index is -0.530. The van der Waals surface area contributed by atoms with Crippen LogP contribution in [0.25, 0.3) is 10.9 Å². The molecule has 1 aromatic carbocycles. The molecule has 1 saturated heterocycles. The lowest BCUT2D eigenvalue weighted by Gasteiger charge is -2.37. The minimum Gasteiger partial charge on any atom is -0.466 e. The van der Waals surface area contributed by atoms with Crippen molar-refractivity contribution in [1.82, 2.24) is 14.9 Å². The zero-order valence-electron chi connectivity index (χ0n) is 15.0. The van der Waals surface area contributed by atoms with Gasteiger partial charge in [0.15, 0.2) is 0 Å². The van der Waals surface area contributed by atoms with Gasteiger partial charge in [-0.2, -0.15) is 0 Å². The van der Waals surface area contributed by atoms with Gasteiger partial charge in [-0.1, -0.05) is 12.1 Å². The molecule has 136 valence electrons. The quantitative estimate of drug-likeness (QED) is 0.615. The van der Waals surface area contributed by atoms with E-state index in [1.807, 2.05) is 24.3 Å². The molecule has 7 heteroatoms. The number of rotatable bonds is 4. The Bertz CT molecular complexity index is 823. The van der Waals surface area contributed by atoms with Gasteiger partial charge in [0.2, 0.25) is 5.91 Å². The van der Waals surface area contributed by atoms with E-state index in [9.17, 15) is 9.59 Å². The number of hydrogen-bond donors (Lipinski definition) is 0. The van der Waals surface area contributed by atoms with Crippen LogP contribution < -0.4 is 4.90 Å². The highest BCUT2D eigenvalue weighted by Crippen LogP contribution is 2.26. The highest BCUT2D eigenvalue weighted by Gasteiger charge is 2.26. The van der Waals surface area contributed by atoms with E-state index >= 15 is 0 Å². The molecule has 3 rings (SSSR count). The summed E-state index contributed by atoms with van der Waals surface area (Å²) in [6.07, 6.45) is 5.69. The Balaban J connectivity index is 1.64. The van der Waals surface area contributed by atoms with Gasteiger partial charge < -0.3 is 14.5 Å². The number of fused-ring (bicyclic) bond motifs is 1. The average Bonchev–Trinajstić information content (AvgIpc) is 2.70. The summed E-state index contributed by atoms with van der Waals surface area (Å²) in [7, 11) is 3.05. The van der Waals surface area contributed by atoms with Crippen LogP contribution in [0.1, 0.15) is 12.8 Å². The SMILES string of the molecule is COC(=O)/C=C/C(=O)N(C)C1CCN(c2ncnc3ccccc23)CC1. The number of ether oxygens (including phenoxy) is 1. The van der Waals surface area contributed by atoms with E-state index in [0.29, 0.717) is 0 Å². The van der Waals surface area contributed by atoms with Crippen LogP contribution in [0, 0.1) is 0 Å². The molecule has 0 aliphatic carbocycles. The van der Waals surface area contributed by atoms with Gasteiger partial charge in [-0.25, -0.2) is 14.8 Å². The van der Waals surface area contributed by atoms with E-state index in [0.717, 1.165) is 48.7 Å². The number of aromatic nitrogens is 2. The van der Waals surface area contributed by atoms with Crippen LogP contribution in [0.4, 0.5) is 5.82 Å². The van der Waals surface area contributed by atoms with Gasteiger partial charge >= 0.3 is 5.97 Å². The molecule has 1 amide bonds. The number of methoxy groups -OCH3 is 1. The van der Waals surface area contributed by atoms with Gasteiger partial charge in [0.25, 0.3) is 0 Å². The fourth-order valence-corrected chi connectivity index (χ4v) is 3.21. The normalized spacial score (nSPS) is 15.4. The summed E-state index contributed by atoms with van der Waals surface area (Å²) < 4.78 is 4.51. The summed E-state index contributed by atoms with van der Waals surface area (Å²) in [5.74, 6) is 0.215. The van der Waals surface area contributed by atoms with Crippen molar-refractivity contribution < 1.29 is 14.3 Å². The lowest BCUT2D eigenvalue weighted by Crippen LogP contribution is -2.45. The van der Waals surface area contributed by atoms with Gasteiger partial charge in [0.1, 0.15) is 12.1 Å². The molecule has 0 spiro atoms. The number of carbonyl (C=O) groups is 2. The first-order chi connectivity index (χ1) is 12.6. The maximum Gasteiger partial charge on any atom is 0.330 e. The number of nitrogens with zero attached hydrogens (tertiary/aromatic N) is 4. The molecule has 1 aromatic heterocycles. The molecule has 0 bridgehead atoms. The standard InChI is InChI=1S/C19H22N4O3/c1-22(17(24)7-8-18(25)26-2)14-9-11-23(12-10-14)19-15-5-3-4-6-16(15)20-13-21-19/h3-8,13-14H,9-12H2,1-2H3/b8-7+. The van der Waals surface area contributed by atoms with Crippen LogP contribution in [0.2, 0.25) is 0 Å². The van der Waals surface area contributed by atoms with E-state index in [1.54, 1.807) is 18.3 Å². The molecule has 2 aromatic rings. The topological polar surface area (TPSA) is 75.6 Å².